The molecule has 0 aromatic carbocycles. The molecule has 0 spiro atoms. The second-order valence-corrected chi connectivity index (χ2v) is 13.5. The molecule has 14 heteroatoms. The van der Waals surface area contributed by atoms with Gasteiger partial charge in [-0.25, -0.2) is 9.59 Å². The molecule has 0 saturated heterocycles. The van der Waals surface area contributed by atoms with E-state index in [0.717, 1.165) is 38.5 Å². The number of unbranched alkanes of at least 4 members (excludes halogenated alkanes) is 8. The van der Waals surface area contributed by atoms with Crippen molar-refractivity contribution in [2.75, 3.05) is 39.3 Å². The molecule has 0 aromatic rings. The topological polar surface area (TPSA) is 185 Å². The van der Waals surface area contributed by atoms with Crippen LogP contribution in [0.4, 0.5) is 9.59 Å². The van der Waals surface area contributed by atoms with Crippen molar-refractivity contribution in [3.05, 3.63) is 0 Å². The normalized spacial score (nSPS) is 7.52. The van der Waals surface area contributed by atoms with E-state index in [4.69, 9.17) is 27.2 Å². The number of hydroxylamine groups is 1. The minimum Gasteiger partial charge on any atom is -0.371 e. The summed E-state index contributed by atoms with van der Waals surface area (Å²) >= 11 is 0. The number of terminal acetylenes is 2. The zero-order valence-electron chi connectivity index (χ0n) is 41.2. The van der Waals surface area contributed by atoms with Crippen LogP contribution in [0.5, 0.6) is 0 Å². The maximum absolute atomic E-state index is 13.1. The molecule has 14 nitrogen and oxygen atoms in total. The van der Waals surface area contributed by atoms with Crippen molar-refractivity contribution in [2.45, 2.75) is 90.0 Å². The van der Waals surface area contributed by atoms with Crippen LogP contribution in [-0.4, -0.2) is 75.3 Å². The average molecular weight is 993 g/mol. The van der Waals surface area contributed by atoms with Gasteiger partial charge in [0.1, 0.15) is 12.2 Å². The van der Waals surface area contributed by atoms with E-state index in [1.54, 1.807) is 6.92 Å². The smallest absolute Gasteiger partial charge is 0.371 e. The van der Waals surface area contributed by atoms with Crippen molar-refractivity contribution >= 4 is 30.0 Å². The zero-order chi connectivity index (χ0) is 54.6. The van der Waals surface area contributed by atoms with E-state index in [0.29, 0.717) is 71.4 Å². The van der Waals surface area contributed by atoms with Crippen molar-refractivity contribution in [3.8, 4) is 215 Å². The minimum atomic E-state index is -1.10. The van der Waals surface area contributed by atoms with E-state index in [2.05, 4.69) is 234 Å². The molecule has 4 amide bonds. The Labute approximate surface area is 442 Å². The van der Waals surface area contributed by atoms with Crippen LogP contribution < -0.4 is 32.1 Å². The molecule has 370 valence electrons. The Morgan fingerprint density at radius 3 is 0.973 bits per heavy atom. The molecule has 0 bridgehead atoms. The lowest BCUT2D eigenvalue weighted by molar-refractivity contribution is -0.150. The van der Waals surface area contributed by atoms with Gasteiger partial charge in [-0.2, -0.15) is 5.48 Å². The monoisotopic (exact) mass is 992 g/mol. The van der Waals surface area contributed by atoms with Crippen molar-refractivity contribution in [2.24, 2.45) is 0 Å². The summed E-state index contributed by atoms with van der Waals surface area (Å²) in [6, 6.07) is -1.10. The average Bonchev–Trinajstić information content (AvgIpc) is 3.41. The molecule has 75 heavy (non-hydrogen) atoms. The summed E-state index contributed by atoms with van der Waals surface area (Å²) < 4.78 is 9.50. The third-order valence-corrected chi connectivity index (χ3v) is 7.93. The Bertz CT molecular complexity index is 2950. The molecule has 0 fully saturated rings. The highest BCUT2D eigenvalue weighted by Gasteiger charge is 2.25. The molecule has 0 saturated carbocycles. The number of carbonyl (C=O) groups excluding carboxylic acids is 5. The van der Waals surface area contributed by atoms with E-state index in [9.17, 15) is 24.0 Å². The summed E-state index contributed by atoms with van der Waals surface area (Å²) in [7, 11) is 0. The minimum absolute atomic E-state index is 0.272. The third-order valence-electron chi connectivity index (χ3n) is 7.93. The number of ether oxygens (including phenoxy) is 2. The maximum atomic E-state index is 13.1. The van der Waals surface area contributed by atoms with E-state index >= 15 is 0 Å². The third kappa shape index (κ3) is 47.8. The predicted octanol–water partition coefficient (Wildman–Crippen LogP) is 1.61. The number of rotatable bonds is 25. The fourth-order valence-corrected chi connectivity index (χ4v) is 4.62. The number of nitrogens with one attached hydrogen (secondary N) is 6. The SMILES string of the molecule is C#CC#CC#CC#CC#CC#CC#CC#CC#COC(=O)NCCCCCCNC(=O)C(NCCCCCNOC(=O)CC)C(=O)NCCCCCCNC(=O)OC#CC#CC#CC#CC#CC#CC#CC#CC#C. The van der Waals surface area contributed by atoms with Crippen LogP contribution in [0.2, 0.25) is 0 Å². The van der Waals surface area contributed by atoms with Crippen molar-refractivity contribution in [1.29, 1.82) is 0 Å². The van der Waals surface area contributed by atoms with Gasteiger partial charge in [-0.15, -0.1) is 12.8 Å². The molecular weight excluding hydrogens is 945 g/mol. The fraction of sp³-hybridized carbons (Fsp3) is 0.328. The second kappa shape index (κ2) is 52.3. The molecule has 0 rings (SSSR count). The van der Waals surface area contributed by atoms with Gasteiger partial charge in [-0.3, -0.25) is 19.7 Å². The predicted molar refractivity (Wildman–Crippen MR) is 284 cm³/mol. The van der Waals surface area contributed by atoms with Gasteiger partial charge in [0.2, 0.25) is 11.8 Å². The largest absolute Gasteiger partial charge is 0.421 e. The van der Waals surface area contributed by atoms with Crippen molar-refractivity contribution in [3.63, 3.8) is 0 Å². The Morgan fingerprint density at radius 1 is 0.360 bits per heavy atom. The zero-order valence-corrected chi connectivity index (χ0v) is 41.2. The molecule has 0 radical (unpaired) electrons. The Morgan fingerprint density at radius 2 is 0.640 bits per heavy atom. The Balaban J connectivity index is 4.62. The molecule has 0 aliphatic carbocycles. The van der Waals surface area contributed by atoms with E-state index in [1.165, 1.54) is 0 Å². The number of carbonyl (C=O) groups is 5. The number of amides is 4. The lowest BCUT2D eigenvalue weighted by atomic mass is 10.1. The Kier molecular flexibility index (Phi) is 44.6. The highest BCUT2D eigenvalue weighted by atomic mass is 16.7. The van der Waals surface area contributed by atoms with Crippen LogP contribution in [0.1, 0.15) is 84.0 Å². The van der Waals surface area contributed by atoms with Crippen LogP contribution in [-0.2, 0) is 28.7 Å². The first-order valence-electron chi connectivity index (χ1n) is 22.9. The highest BCUT2D eigenvalue weighted by Crippen LogP contribution is 2.01. The molecule has 0 heterocycles. The number of hydrogen-bond acceptors (Lipinski definition) is 10. The first-order chi connectivity index (χ1) is 36.8. The maximum Gasteiger partial charge on any atom is 0.421 e. The van der Waals surface area contributed by atoms with Gasteiger partial charge in [-0.1, -0.05) is 39.0 Å². The van der Waals surface area contributed by atoms with E-state index < -0.39 is 30.0 Å². The molecule has 6 N–H and O–H groups in total. The quantitative estimate of drug-likeness (QED) is 0.0259. The molecule has 0 aromatic heterocycles. The molecular formula is C61H48N6O8. The fourth-order valence-electron chi connectivity index (χ4n) is 4.62. The molecule has 0 aliphatic rings. The van der Waals surface area contributed by atoms with E-state index in [1.807, 2.05) is 0 Å². The molecule has 0 aliphatic heterocycles. The summed E-state index contributed by atoms with van der Waals surface area (Å²) in [4.78, 5) is 66.1. The van der Waals surface area contributed by atoms with Gasteiger partial charge < -0.3 is 35.6 Å². The van der Waals surface area contributed by atoms with E-state index in [-0.39, 0.29) is 12.4 Å². The summed E-state index contributed by atoms with van der Waals surface area (Å²) in [5, 5.41) is 13.9. The van der Waals surface area contributed by atoms with Crippen molar-refractivity contribution in [1.82, 2.24) is 32.1 Å². The first kappa shape index (κ1) is 63.9. The lowest BCUT2D eigenvalue weighted by Crippen LogP contribution is -2.54. The van der Waals surface area contributed by atoms with Gasteiger partial charge in [0.25, 0.3) is 0 Å². The van der Waals surface area contributed by atoms with Gasteiger partial charge in [-0.05, 0) is 140 Å². The summed E-state index contributed by atoms with van der Waals surface area (Å²) in [6.45, 7) is 4.02. The first-order valence-corrected chi connectivity index (χ1v) is 22.9. The van der Waals surface area contributed by atoms with Crippen LogP contribution in [0, 0.1) is 215 Å². The van der Waals surface area contributed by atoms with Crippen molar-refractivity contribution < 1.29 is 38.3 Å². The van der Waals surface area contributed by atoms with Crippen LogP contribution >= 0.6 is 0 Å². The molecule has 0 unspecified atom stereocenters. The van der Waals surface area contributed by atoms with Crippen LogP contribution in [0.25, 0.3) is 0 Å². The van der Waals surface area contributed by atoms with Crippen LogP contribution in [0.3, 0.4) is 0 Å². The standard InChI is InChI=1S/C61H48N6O8/c1-4-7-9-11-13-15-17-19-21-23-25-27-29-31-37-46-54-73-60(71)65-51-42-35-33-40-49-63-58(69)57(62-48-44-39-45-53-67-75-56(68)6-3)59(70)64-50-41-34-36-43-52-66-61(72)74-55-47-38-32-30-28-26-24-22-20-18-16-14-12-10-8-5-2/h1-2,57,62,67H,6,33-36,39-45,48-53H2,3H3,(H,63,69)(H,64,70)(H,65,71)(H,66,72). The number of hydrogen-bond donors (Lipinski definition) is 6. The van der Waals surface area contributed by atoms with Gasteiger partial charge in [0, 0.05) is 134 Å². The van der Waals surface area contributed by atoms with Gasteiger partial charge >= 0.3 is 18.2 Å². The lowest BCUT2D eigenvalue weighted by Gasteiger charge is -2.18. The summed E-state index contributed by atoms with van der Waals surface area (Å²) in [5.74, 6) is 76.1. The second-order valence-electron chi connectivity index (χ2n) is 13.5. The van der Waals surface area contributed by atoms with Gasteiger partial charge in [0.05, 0.1) is 0 Å². The number of alkyl carbamates (subject to hydrolysis) is 2. The Hall–Kier alpha value is -11.1. The molecule has 0 atom stereocenters. The summed E-state index contributed by atoms with van der Waals surface area (Å²) in [6.07, 6.45) is 21.0. The van der Waals surface area contributed by atoms with Gasteiger partial charge in [0.15, 0.2) is 6.04 Å². The highest BCUT2D eigenvalue weighted by molar-refractivity contribution is 6.04. The summed E-state index contributed by atoms with van der Waals surface area (Å²) in [5.41, 5.74) is 2.63. The van der Waals surface area contributed by atoms with Crippen LogP contribution in [0.15, 0.2) is 0 Å².